The first-order valence-electron chi connectivity index (χ1n) is 11.0. The number of aliphatic hydroxyl groups excluding tert-OH is 5. The Labute approximate surface area is 222 Å². The van der Waals surface area contributed by atoms with Crippen LogP contribution in [0, 0.1) is 0 Å². The number of hydrogen-bond acceptors (Lipinski definition) is 16. The third-order valence-electron chi connectivity index (χ3n) is 5.68. The van der Waals surface area contributed by atoms with E-state index in [2.05, 4.69) is 8.37 Å². The van der Waals surface area contributed by atoms with Crippen LogP contribution in [0.1, 0.15) is 0 Å². The van der Waals surface area contributed by atoms with Gasteiger partial charge in [-0.1, -0.05) is 0 Å². The zero-order valence-electron chi connectivity index (χ0n) is 19.9. The molecule has 18 nitrogen and oxygen atoms in total. The molecule has 1 aromatic carbocycles. The fraction of sp³-hybridized carbons (Fsp3) is 0.684. The lowest BCUT2D eigenvalue weighted by atomic mass is 9.97. The quantitative estimate of drug-likeness (QED) is 0.119. The van der Waals surface area contributed by atoms with Crippen LogP contribution in [-0.2, 0) is 43.4 Å². The number of aliphatic hydroxyl groups is 5. The Balaban J connectivity index is 1.82. The van der Waals surface area contributed by atoms with Gasteiger partial charge >= 0.3 is 20.8 Å². The van der Waals surface area contributed by atoms with Crippen LogP contribution in [0.3, 0.4) is 0 Å². The second-order valence-corrected chi connectivity index (χ2v) is 10.5. The lowest BCUT2D eigenvalue weighted by Crippen LogP contribution is -2.65. The molecule has 20 heteroatoms. The molecule has 0 aliphatic carbocycles. The summed E-state index contributed by atoms with van der Waals surface area (Å²) in [6.07, 6.45) is -18.6. The Kier molecular flexibility index (Phi) is 10.4. The van der Waals surface area contributed by atoms with Crippen LogP contribution < -0.4 is 9.47 Å². The van der Waals surface area contributed by atoms with E-state index >= 15 is 0 Å². The minimum atomic E-state index is -5.00. The van der Waals surface area contributed by atoms with Gasteiger partial charge in [-0.2, -0.15) is 16.8 Å². The van der Waals surface area contributed by atoms with Crippen molar-refractivity contribution in [2.45, 2.75) is 61.4 Å². The second kappa shape index (κ2) is 12.8. The van der Waals surface area contributed by atoms with E-state index in [1.165, 1.54) is 31.4 Å². The van der Waals surface area contributed by atoms with E-state index in [9.17, 15) is 42.4 Å². The van der Waals surface area contributed by atoms with Gasteiger partial charge in [-0.05, 0) is 24.3 Å². The van der Waals surface area contributed by atoms with Crippen molar-refractivity contribution in [3.63, 3.8) is 0 Å². The molecule has 2 aliphatic heterocycles. The smallest absolute Gasteiger partial charge is 0.397 e. The molecule has 7 N–H and O–H groups in total. The lowest BCUT2D eigenvalue weighted by Gasteiger charge is -2.46. The average Bonchev–Trinajstić information content (AvgIpc) is 2.86. The van der Waals surface area contributed by atoms with Crippen LogP contribution in [-0.4, -0.2) is 133 Å². The molecule has 2 heterocycles. The maximum atomic E-state index is 11.0. The monoisotopic (exact) mass is 608 g/mol. The molecular formula is C19H28O18S2. The predicted molar refractivity (Wildman–Crippen MR) is 121 cm³/mol. The summed E-state index contributed by atoms with van der Waals surface area (Å²) in [6, 6.07) is 5.84. The van der Waals surface area contributed by atoms with Crippen molar-refractivity contribution in [2.24, 2.45) is 0 Å². The van der Waals surface area contributed by atoms with Crippen molar-refractivity contribution < 1.29 is 83.5 Å². The van der Waals surface area contributed by atoms with Crippen molar-refractivity contribution >= 4 is 20.8 Å². The first kappa shape index (κ1) is 31.8. The molecule has 0 radical (unpaired) electrons. The van der Waals surface area contributed by atoms with Crippen LogP contribution in [0.5, 0.6) is 11.5 Å². The highest BCUT2D eigenvalue weighted by Gasteiger charge is 2.52. The van der Waals surface area contributed by atoms with E-state index in [1.54, 1.807) is 0 Å². The summed E-state index contributed by atoms with van der Waals surface area (Å²) in [6.45, 7) is -2.02. The normalized spacial score (nSPS) is 35.9. The molecule has 3 rings (SSSR count). The maximum Gasteiger partial charge on any atom is 0.397 e. The summed E-state index contributed by atoms with van der Waals surface area (Å²) >= 11 is 0. The predicted octanol–water partition coefficient (Wildman–Crippen LogP) is -3.65. The molecule has 2 fully saturated rings. The second-order valence-electron chi connectivity index (χ2n) is 8.36. The van der Waals surface area contributed by atoms with E-state index in [0.717, 1.165) is 0 Å². The molecule has 0 aromatic heterocycles. The van der Waals surface area contributed by atoms with Crippen LogP contribution >= 0.6 is 0 Å². The molecule has 0 amide bonds. The summed E-state index contributed by atoms with van der Waals surface area (Å²) in [5.41, 5.74) is 0. The van der Waals surface area contributed by atoms with Crippen LogP contribution in [0.4, 0.5) is 0 Å². The summed E-state index contributed by atoms with van der Waals surface area (Å²) in [5.74, 6) is 0.569. The Bertz CT molecular complexity index is 1140. The molecule has 0 bridgehead atoms. The molecule has 224 valence electrons. The Hall–Kier alpha value is -1.76. The number of hydrogen-bond donors (Lipinski definition) is 7. The van der Waals surface area contributed by atoms with E-state index < -0.39 is 95.4 Å². The zero-order chi connectivity index (χ0) is 29.1. The van der Waals surface area contributed by atoms with Crippen molar-refractivity contribution in [3.05, 3.63) is 24.3 Å². The number of ether oxygens (including phenoxy) is 5. The molecule has 2 aliphatic rings. The van der Waals surface area contributed by atoms with Gasteiger partial charge in [0.1, 0.15) is 60.3 Å². The van der Waals surface area contributed by atoms with E-state index in [0.29, 0.717) is 5.75 Å². The van der Waals surface area contributed by atoms with Gasteiger partial charge in [0.25, 0.3) is 0 Å². The first-order valence-corrected chi connectivity index (χ1v) is 13.7. The summed E-state index contributed by atoms with van der Waals surface area (Å²) in [7, 11) is -8.56. The van der Waals surface area contributed by atoms with Gasteiger partial charge in [0.15, 0.2) is 6.29 Å². The largest absolute Gasteiger partial charge is 0.497 e. The third kappa shape index (κ3) is 8.61. The maximum absolute atomic E-state index is 11.0. The molecule has 2 saturated heterocycles. The highest BCUT2D eigenvalue weighted by molar-refractivity contribution is 7.81. The van der Waals surface area contributed by atoms with Gasteiger partial charge < -0.3 is 49.2 Å². The summed E-state index contributed by atoms with van der Waals surface area (Å²) < 4.78 is 96.6. The molecule has 0 spiro atoms. The highest BCUT2D eigenvalue weighted by atomic mass is 32.3. The Morgan fingerprint density at radius 2 is 1.18 bits per heavy atom. The third-order valence-corrected chi connectivity index (χ3v) is 6.54. The van der Waals surface area contributed by atoms with E-state index in [4.69, 9.17) is 32.8 Å². The lowest BCUT2D eigenvalue weighted by molar-refractivity contribution is -0.352. The van der Waals surface area contributed by atoms with Gasteiger partial charge in [0.2, 0.25) is 6.29 Å². The molecule has 0 unspecified atom stereocenters. The fourth-order valence-electron chi connectivity index (χ4n) is 3.71. The molecular weight excluding hydrogens is 580 g/mol. The molecule has 39 heavy (non-hydrogen) atoms. The highest BCUT2D eigenvalue weighted by Crippen LogP contribution is 2.31. The number of benzene rings is 1. The van der Waals surface area contributed by atoms with Gasteiger partial charge in [0, 0.05) is 0 Å². The van der Waals surface area contributed by atoms with Gasteiger partial charge in [-0.15, -0.1) is 0 Å². The van der Waals surface area contributed by atoms with Gasteiger partial charge in [0.05, 0.1) is 20.3 Å². The average molecular weight is 609 g/mol. The standard InChI is InChI=1S/C19H28O18S2/c1-31-8-2-4-9(5-3-8)34-19-16(24)17(13(21)11(36-19)7-33-39(28,29)30)37-18-15(23)14(22)12(20)10(35-18)6-32-38(25,26)27/h2-5,10-24H,6-7H2,1H3,(H,25,26,27)(H,28,29,30)/t10-,11-,12+,13+,14+,15-,16-,17+,18+,19-/m1/s1. The van der Waals surface area contributed by atoms with Crippen molar-refractivity contribution in [1.29, 1.82) is 0 Å². The summed E-state index contributed by atoms with van der Waals surface area (Å²) in [4.78, 5) is 0. The van der Waals surface area contributed by atoms with Crippen LogP contribution in [0.25, 0.3) is 0 Å². The first-order chi connectivity index (χ1) is 18.1. The zero-order valence-corrected chi connectivity index (χ0v) is 21.6. The van der Waals surface area contributed by atoms with E-state index in [1.807, 2.05) is 0 Å². The Morgan fingerprint density at radius 3 is 1.69 bits per heavy atom. The van der Waals surface area contributed by atoms with Gasteiger partial charge in [-0.25, -0.2) is 8.37 Å². The topological polar surface area (TPSA) is 274 Å². The molecule has 10 atom stereocenters. The Morgan fingerprint density at radius 1 is 0.692 bits per heavy atom. The minimum Gasteiger partial charge on any atom is -0.497 e. The van der Waals surface area contributed by atoms with Crippen LogP contribution in [0.2, 0.25) is 0 Å². The minimum absolute atomic E-state index is 0.111. The van der Waals surface area contributed by atoms with E-state index in [-0.39, 0.29) is 5.75 Å². The van der Waals surface area contributed by atoms with Crippen molar-refractivity contribution in [3.8, 4) is 11.5 Å². The SMILES string of the molecule is COc1ccc(O[C@@H]2O[C@H](COS(=O)(=O)O)[C@H](O)[C@H](O[C@@H]3O[C@H](COS(=O)(=O)O)[C@H](O)[C@H](O)[C@H]3O)[C@H]2O)cc1. The number of rotatable bonds is 11. The van der Waals surface area contributed by atoms with Crippen molar-refractivity contribution in [2.75, 3.05) is 20.3 Å². The molecule has 1 aromatic rings. The number of methoxy groups -OCH3 is 1. The fourth-order valence-corrected chi connectivity index (χ4v) is 4.33. The van der Waals surface area contributed by atoms with Crippen LogP contribution in [0.15, 0.2) is 24.3 Å². The van der Waals surface area contributed by atoms with Gasteiger partial charge in [-0.3, -0.25) is 9.11 Å². The molecule has 0 saturated carbocycles. The summed E-state index contributed by atoms with van der Waals surface area (Å²) in [5, 5.41) is 52.2. The van der Waals surface area contributed by atoms with Crippen molar-refractivity contribution in [1.82, 2.24) is 0 Å².